The number of rotatable bonds is 7. The van der Waals surface area contributed by atoms with E-state index < -0.39 is 10.8 Å². The highest BCUT2D eigenvalue weighted by molar-refractivity contribution is 7.07. The average molecular weight is 349 g/mol. The molecule has 1 amide bonds. The van der Waals surface area contributed by atoms with E-state index in [1.165, 1.54) is 25.3 Å². The Bertz CT molecular complexity index is 716. The summed E-state index contributed by atoms with van der Waals surface area (Å²) in [6.45, 7) is 0.383. The topological polar surface area (TPSA) is 84.7 Å². The summed E-state index contributed by atoms with van der Waals surface area (Å²) in [7, 11) is 5.29. The number of carbonyl (C=O) groups is 1. The van der Waals surface area contributed by atoms with Gasteiger partial charge in [0.25, 0.3) is 11.6 Å². The van der Waals surface area contributed by atoms with Gasteiger partial charge in [-0.05, 0) is 42.6 Å². The minimum Gasteiger partial charge on any atom is -0.496 e. The molecule has 0 saturated heterocycles. The molecule has 1 atom stereocenters. The molecule has 1 aromatic heterocycles. The van der Waals surface area contributed by atoms with E-state index in [2.05, 4.69) is 5.32 Å². The fourth-order valence-electron chi connectivity index (χ4n) is 2.33. The van der Waals surface area contributed by atoms with Crippen LogP contribution < -0.4 is 10.1 Å². The molecular weight excluding hydrogens is 330 g/mol. The van der Waals surface area contributed by atoms with Gasteiger partial charge in [-0.25, -0.2) is 0 Å². The molecule has 128 valence electrons. The minimum atomic E-state index is -0.537. The molecule has 1 heterocycles. The zero-order valence-electron chi connectivity index (χ0n) is 13.7. The van der Waals surface area contributed by atoms with Gasteiger partial charge < -0.3 is 15.0 Å². The second-order valence-electron chi connectivity index (χ2n) is 5.39. The van der Waals surface area contributed by atoms with Crippen LogP contribution in [0.1, 0.15) is 22.0 Å². The average Bonchev–Trinajstić information content (AvgIpc) is 3.08. The second kappa shape index (κ2) is 7.89. The van der Waals surface area contributed by atoms with Gasteiger partial charge in [0.1, 0.15) is 5.75 Å². The largest absolute Gasteiger partial charge is 0.496 e. The van der Waals surface area contributed by atoms with Gasteiger partial charge in [-0.1, -0.05) is 0 Å². The Balaban J connectivity index is 2.17. The third-order valence-electron chi connectivity index (χ3n) is 3.65. The lowest BCUT2D eigenvalue weighted by molar-refractivity contribution is -0.384. The summed E-state index contributed by atoms with van der Waals surface area (Å²) < 4.78 is 5.14. The molecule has 1 unspecified atom stereocenters. The molecule has 0 radical (unpaired) electrons. The number of amides is 1. The fraction of sp³-hybridized carbons (Fsp3) is 0.312. The lowest BCUT2D eigenvalue weighted by atomic mass is 10.1. The highest BCUT2D eigenvalue weighted by atomic mass is 32.1. The number of methoxy groups -OCH3 is 1. The Labute approximate surface area is 144 Å². The number of carbonyl (C=O) groups excluding carboxylic acids is 1. The number of ether oxygens (including phenoxy) is 1. The van der Waals surface area contributed by atoms with Crippen LogP contribution in [0.2, 0.25) is 0 Å². The lowest BCUT2D eigenvalue weighted by Crippen LogP contribution is -2.34. The molecule has 0 aliphatic heterocycles. The van der Waals surface area contributed by atoms with Crippen molar-refractivity contribution in [3.63, 3.8) is 0 Å². The molecule has 7 nitrogen and oxygen atoms in total. The number of nitro groups is 1. The van der Waals surface area contributed by atoms with Crippen molar-refractivity contribution in [3.05, 3.63) is 56.3 Å². The molecule has 0 bridgehead atoms. The minimum absolute atomic E-state index is 0.0184. The van der Waals surface area contributed by atoms with Crippen molar-refractivity contribution in [3.8, 4) is 5.75 Å². The predicted octanol–water partition coefficient (Wildman–Crippen LogP) is 2.70. The van der Waals surface area contributed by atoms with E-state index in [1.807, 2.05) is 35.8 Å². The van der Waals surface area contributed by atoms with Crippen LogP contribution in [-0.2, 0) is 0 Å². The maximum Gasteiger partial charge on any atom is 0.270 e. The molecule has 1 aromatic carbocycles. The number of likely N-dealkylation sites (N-methyl/N-ethyl adjacent to an activating group) is 1. The first kappa shape index (κ1) is 17.9. The van der Waals surface area contributed by atoms with Crippen LogP contribution in [0.25, 0.3) is 0 Å². The third kappa shape index (κ3) is 4.09. The van der Waals surface area contributed by atoms with E-state index in [4.69, 9.17) is 4.74 Å². The number of non-ortho nitro benzene ring substituents is 1. The van der Waals surface area contributed by atoms with Crippen LogP contribution in [-0.4, -0.2) is 43.5 Å². The van der Waals surface area contributed by atoms with Crippen molar-refractivity contribution in [2.45, 2.75) is 6.04 Å². The molecule has 24 heavy (non-hydrogen) atoms. The van der Waals surface area contributed by atoms with Gasteiger partial charge in [0.15, 0.2) is 0 Å². The SMILES string of the molecule is COc1ccc([N+](=O)[O-])cc1C(=O)NCC(c1ccsc1)N(C)C. The first-order chi connectivity index (χ1) is 11.4. The number of nitrogens with one attached hydrogen (secondary N) is 1. The first-order valence-corrected chi connectivity index (χ1v) is 8.17. The molecule has 0 aliphatic carbocycles. The van der Waals surface area contributed by atoms with E-state index in [0.29, 0.717) is 12.3 Å². The van der Waals surface area contributed by atoms with Gasteiger partial charge in [0, 0.05) is 18.7 Å². The van der Waals surface area contributed by atoms with Crippen LogP contribution in [0.4, 0.5) is 5.69 Å². The van der Waals surface area contributed by atoms with Crippen molar-refractivity contribution in [2.24, 2.45) is 0 Å². The van der Waals surface area contributed by atoms with Crippen LogP contribution in [0.5, 0.6) is 5.75 Å². The van der Waals surface area contributed by atoms with Crippen LogP contribution >= 0.6 is 11.3 Å². The van der Waals surface area contributed by atoms with Gasteiger partial charge in [-0.3, -0.25) is 14.9 Å². The normalized spacial score (nSPS) is 12.0. The molecule has 2 aromatic rings. The summed E-state index contributed by atoms with van der Waals surface area (Å²) in [5.41, 5.74) is 1.11. The Morgan fingerprint density at radius 2 is 2.17 bits per heavy atom. The molecule has 0 fully saturated rings. The molecule has 1 N–H and O–H groups in total. The molecule has 8 heteroatoms. The quantitative estimate of drug-likeness (QED) is 0.614. The van der Waals surface area contributed by atoms with Crippen LogP contribution in [0.3, 0.4) is 0 Å². The molecule has 0 aliphatic rings. The molecule has 0 saturated carbocycles. The summed E-state index contributed by atoms with van der Waals surface area (Å²) in [6, 6.07) is 5.99. The zero-order valence-corrected chi connectivity index (χ0v) is 14.5. The van der Waals surface area contributed by atoms with Crippen molar-refractivity contribution in [1.82, 2.24) is 10.2 Å². The standard InChI is InChI=1S/C16H19N3O4S/c1-18(2)14(11-6-7-24-10-11)9-17-16(20)13-8-12(19(21)22)4-5-15(13)23-3/h4-8,10,14H,9H2,1-3H3,(H,17,20). The van der Waals surface area contributed by atoms with Crippen LogP contribution in [0.15, 0.2) is 35.0 Å². The number of nitrogens with zero attached hydrogens (tertiary/aromatic N) is 2. The van der Waals surface area contributed by atoms with Crippen molar-refractivity contribution < 1.29 is 14.5 Å². The summed E-state index contributed by atoms with van der Waals surface area (Å²) in [4.78, 5) is 24.8. The number of benzene rings is 1. The van der Waals surface area contributed by atoms with E-state index in [0.717, 1.165) is 5.56 Å². The van der Waals surface area contributed by atoms with E-state index in [-0.39, 0.29) is 17.3 Å². The Morgan fingerprint density at radius 1 is 1.42 bits per heavy atom. The van der Waals surface area contributed by atoms with Crippen molar-refractivity contribution in [2.75, 3.05) is 27.7 Å². The number of hydrogen-bond donors (Lipinski definition) is 1. The Morgan fingerprint density at radius 3 is 2.71 bits per heavy atom. The van der Waals surface area contributed by atoms with Crippen molar-refractivity contribution in [1.29, 1.82) is 0 Å². The Kier molecular flexibility index (Phi) is 5.88. The van der Waals surface area contributed by atoms with E-state index >= 15 is 0 Å². The van der Waals surface area contributed by atoms with Gasteiger partial charge in [0.2, 0.25) is 0 Å². The third-order valence-corrected chi connectivity index (χ3v) is 4.35. The molecule has 0 spiro atoms. The summed E-state index contributed by atoms with van der Waals surface area (Å²) in [5, 5.41) is 17.8. The maximum atomic E-state index is 12.5. The number of thiophene rings is 1. The maximum absolute atomic E-state index is 12.5. The summed E-state index contributed by atoms with van der Waals surface area (Å²) in [6.07, 6.45) is 0. The summed E-state index contributed by atoms with van der Waals surface area (Å²) >= 11 is 1.59. The Hall–Kier alpha value is -2.45. The van der Waals surface area contributed by atoms with Gasteiger partial charge in [0.05, 0.1) is 23.6 Å². The summed E-state index contributed by atoms with van der Waals surface area (Å²) in [5.74, 6) is -0.104. The lowest BCUT2D eigenvalue weighted by Gasteiger charge is -2.24. The van der Waals surface area contributed by atoms with E-state index in [9.17, 15) is 14.9 Å². The highest BCUT2D eigenvalue weighted by Gasteiger charge is 2.20. The number of nitro benzene ring substituents is 1. The van der Waals surface area contributed by atoms with Crippen LogP contribution in [0, 0.1) is 10.1 Å². The van der Waals surface area contributed by atoms with E-state index in [1.54, 1.807) is 11.3 Å². The smallest absolute Gasteiger partial charge is 0.270 e. The monoisotopic (exact) mass is 349 g/mol. The first-order valence-electron chi connectivity index (χ1n) is 7.23. The second-order valence-corrected chi connectivity index (χ2v) is 6.17. The van der Waals surface area contributed by atoms with Gasteiger partial charge >= 0.3 is 0 Å². The van der Waals surface area contributed by atoms with Gasteiger partial charge in [-0.15, -0.1) is 0 Å². The van der Waals surface area contributed by atoms with Crippen molar-refractivity contribution >= 4 is 22.9 Å². The predicted molar refractivity (Wildman–Crippen MR) is 92.7 cm³/mol. The fourth-order valence-corrected chi connectivity index (χ4v) is 3.04. The van der Waals surface area contributed by atoms with Gasteiger partial charge in [-0.2, -0.15) is 11.3 Å². The number of hydrogen-bond acceptors (Lipinski definition) is 6. The zero-order chi connectivity index (χ0) is 17.7. The highest BCUT2D eigenvalue weighted by Crippen LogP contribution is 2.25. The molecule has 2 rings (SSSR count). The molecular formula is C16H19N3O4S.